The van der Waals surface area contributed by atoms with Gasteiger partial charge in [-0.15, -0.1) is 0 Å². The molecular formula is C12H22N2. The summed E-state index contributed by atoms with van der Waals surface area (Å²) in [6.45, 7) is 11.0. The molecule has 0 fully saturated rings. The molecule has 1 aromatic rings. The van der Waals surface area contributed by atoms with Crippen LogP contribution in [0.4, 0.5) is 0 Å². The summed E-state index contributed by atoms with van der Waals surface area (Å²) < 4.78 is 0. The fourth-order valence-electron chi connectivity index (χ4n) is 1.54. The van der Waals surface area contributed by atoms with E-state index in [2.05, 4.69) is 44.6 Å². The van der Waals surface area contributed by atoms with E-state index in [9.17, 15) is 0 Å². The zero-order chi connectivity index (χ0) is 10.8. The first-order valence-electron chi connectivity index (χ1n) is 5.51. The number of hydrogen-bond donors (Lipinski definition) is 1. The lowest BCUT2D eigenvalue weighted by atomic mass is 9.93. The summed E-state index contributed by atoms with van der Waals surface area (Å²) in [5.41, 5.74) is 1.32. The Kier molecular flexibility index (Phi) is 3.35. The molecule has 1 N–H and O–H groups in total. The van der Waals surface area contributed by atoms with Crippen LogP contribution in [-0.4, -0.2) is 9.97 Å². The number of rotatable bonds is 3. The second-order valence-electron chi connectivity index (χ2n) is 5.11. The number of hydrogen-bond acceptors (Lipinski definition) is 1. The quantitative estimate of drug-likeness (QED) is 0.782. The second-order valence-corrected chi connectivity index (χ2v) is 5.11. The summed E-state index contributed by atoms with van der Waals surface area (Å²) in [4.78, 5) is 7.93. The fourth-order valence-corrected chi connectivity index (χ4v) is 1.54. The molecule has 2 nitrogen and oxygen atoms in total. The predicted octanol–water partition coefficient (Wildman–Crippen LogP) is 3.61. The summed E-state index contributed by atoms with van der Waals surface area (Å²) in [5, 5.41) is 0. The van der Waals surface area contributed by atoms with Crippen LogP contribution in [0.1, 0.15) is 64.9 Å². The summed E-state index contributed by atoms with van der Waals surface area (Å²) >= 11 is 0. The van der Waals surface area contributed by atoms with E-state index < -0.39 is 0 Å². The van der Waals surface area contributed by atoms with Gasteiger partial charge in [0.25, 0.3) is 0 Å². The normalized spacial score (nSPS) is 14.4. The van der Waals surface area contributed by atoms with E-state index in [-0.39, 0.29) is 5.41 Å². The number of imidazole rings is 1. The third-order valence-electron chi connectivity index (χ3n) is 2.55. The van der Waals surface area contributed by atoms with Crippen LogP contribution in [0.15, 0.2) is 6.20 Å². The number of aromatic amines is 1. The molecule has 1 heterocycles. The first-order chi connectivity index (χ1) is 6.45. The van der Waals surface area contributed by atoms with Gasteiger partial charge in [-0.05, 0) is 6.42 Å². The van der Waals surface area contributed by atoms with Crippen LogP contribution in [0, 0.1) is 0 Å². The average molecular weight is 194 g/mol. The Morgan fingerprint density at radius 1 is 1.43 bits per heavy atom. The van der Waals surface area contributed by atoms with Crippen LogP contribution in [0.5, 0.6) is 0 Å². The van der Waals surface area contributed by atoms with Crippen molar-refractivity contribution in [3.05, 3.63) is 17.7 Å². The molecule has 0 aromatic carbocycles. The Hall–Kier alpha value is -0.790. The fraction of sp³-hybridized carbons (Fsp3) is 0.750. The first kappa shape index (κ1) is 11.3. The third kappa shape index (κ3) is 2.60. The van der Waals surface area contributed by atoms with Gasteiger partial charge in [-0.25, -0.2) is 4.98 Å². The highest BCUT2D eigenvalue weighted by molar-refractivity contribution is 5.13. The average Bonchev–Trinajstić information content (AvgIpc) is 2.51. The van der Waals surface area contributed by atoms with Gasteiger partial charge in [0.2, 0.25) is 0 Å². The minimum Gasteiger partial charge on any atom is -0.348 e. The molecule has 1 rings (SSSR count). The third-order valence-corrected chi connectivity index (χ3v) is 2.55. The van der Waals surface area contributed by atoms with E-state index in [4.69, 9.17) is 0 Å². The number of H-pyrrole nitrogens is 1. The van der Waals surface area contributed by atoms with Gasteiger partial charge in [-0.2, -0.15) is 0 Å². The van der Waals surface area contributed by atoms with Crippen LogP contribution in [0.3, 0.4) is 0 Å². The van der Waals surface area contributed by atoms with Crippen molar-refractivity contribution in [3.63, 3.8) is 0 Å². The minimum atomic E-state index is 0.153. The molecule has 0 saturated carbocycles. The molecule has 1 atom stereocenters. The maximum absolute atomic E-state index is 4.64. The molecule has 0 spiro atoms. The molecule has 1 unspecified atom stereocenters. The number of aromatic nitrogens is 2. The van der Waals surface area contributed by atoms with Crippen molar-refractivity contribution in [2.24, 2.45) is 0 Å². The molecule has 2 heteroatoms. The highest BCUT2D eigenvalue weighted by Crippen LogP contribution is 2.23. The van der Waals surface area contributed by atoms with E-state index in [1.54, 1.807) is 0 Å². The van der Waals surface area contributed by atoms with Gasteiger partial charge in [-0.3, -0.25) is 0 Å². The van der Waals surface area contributed by atoms with E-state index in [0.29, 0.717) is 5.92 Å². The highest BCUT2D eigenvalue weighted by Gasteiger charge is 2.18. The van der Waals surface area contributed by atoms with Crippen molar-refractivity contribution in [1.82, 2.24) is 9.97 Å². The summed E-state index contributed by atoms with van der Waals surface area (Å²) in [6, 6.07) is 0. The first-order valence-corrected chi connectivity index (χ1v) is 5.51. The van der Waals surface area contributed by atoms with Gasteiger partial charge in [0, 0.05) is 17.5 Å². The van der Waals surface area contributed by atoms with Gasteiger partial charge in [0.05, 0.1) is 5.69 Å². The lowest BCUT2D eigenvalue weighted by Crippen LogP contribution is -2.11. The molecule has 0 saturated heterocycles. The van der Waals surface area contributed by atoms with Crippen molar-refractivity contribution in [2.75, 3.05) is 0 Å². The lowest BCUT2D eigenvalue weighted by molar-refractivity contribution is 0.565. The number of nitrogens with one attached hydrogen (secondary N) is 1. The zero-order valence-corrected chi connectivity index (χ0v) is 10.0. The maximum atomic E-state index is 4.64. The molecule has 0 bridgehead atoms. The Morgan fingerprint density at radius 3 is 2.50 bits per heavy atom. The Labute approximate surface area is 87.1 Å². The molecule has 0 radical (unpaired) electrons. The van der Waals surface area contributed by atoms with Crippen molar-refractivity contribution in [3.8, 4) is 0 Å². The van der Waals surface area contributed by atoms with Crippen LogP contribution in [0.25, 0.3) is 0 Å². The SMILES string of the molecule is CCCC(C)c1nc(C(C)(C)C)c[nH]1. The van der Waals surface area contributed by atoms with Gasteiger partial charge < -0.3 is 4.98 Å². The smallest absolute Gasteiger partial charge is 0.109 e. The number of nitrogens with zero attached hydrogens (tertiary/aromatic N) is 1. The zero-order valence-electron chi connectivity index (χ0n) is 10.0. The predicted molar refractivity (Wildman–Crippen MR) is 60.6 cm³/mol. The Morgan fingerprint density at radius 2 is 2.07 bits per heavy atom. The summed E-state index contributed by atoms with van der Waals surface area (Å²) in [5.74, 6) is 1.69. The Bertz CT molecular complexity index is 281. The minimum absolute atomic E-state index is 0.153. The molecule has 0 aliphatic carbocycles. The van der Waals surface area contributed by atoms with E-state index in [1.807, 2.05) is 6.20 Å². The van der Waals surface area contributed by atoms with Gasteiger partial charge in [0.1, 0.15) is 5.82 Å². The van der Waals surface area contributed by atoms with Crippen molar-refractivity contribution in [1.29, 1.82) is 0 Å². The molecule has 0 amide bonds. The topological polar surface area (TPSA) is 28.7 Å². The Balaban J connectivity index is 2.78. The van der Waals surface area contributed by atoms with Crippen LogP contribution in [0.2, 0.25) is 0 Å². The summed E-state index contributed by atoms with van der Waals surface area (Å²) in [6.07, 6.45) is 4.46. The van der Waals surface area contributed by atoms with Crippen molar-refractivity contribution in [2.45, 2.75) is 58.8 Å². The molecule has 14 heavy (non-hydrogen) atoms. The molecule has 80 valence electrons. The molecule has 1 aromatic heterocycles. The summed E-state index contributed by atoms with van der Waals surface area (Å²) in [7, 11) is 0. The van der Waals surface area contributed by atoms with Gasteiger partial charge in [0.15, 0.2) is 0 Å². The van der Waals surface area contributed by atoms with Crippen LogP contribution < -0.4 is 0 Å². The maximum Gasteiger partial charge on any atom is 0.109 e. The monoisotopic (exact) mass is 194 g/mol. The molecular weight excluding hydrogens is 172 g/mol. The largest absolute Gasteiger partial charge is 0.348 e. The van der Waals surface area contributed by atoms with Crippen molar-refractivity contribution < 1.29 is 0 Å². The van der Waals surface area contributed by atoms with E-state index >= 15 is 0 Å². The van der Waals surface area contributed by atoms with Crippen molar-refractivity contribution >= 4 is 0 Å². The van der Waals surface area contributed by atoms with Crippen LogP contribution >= 0.6 is 0 Å². The lowest BCUT2D eigenvalue weighted by Gasteiger charge is -2.14. The molecule has 0 aliphatic rings. The molecule has 0 aliphatic heterocycles. The van der Waals surface area contributed by atoms with Gasteiger partial charge >= 0.3 is 0 Å². The van der Waals surface area contributed by atoms with Crippen LogP contribution in [-0.2, 0) is 5.41 Å². The highest BCUT2D eigenvalue weighted by atomic mass is 14.9. The van der Waals surface area contributed by atoms with Gasteiger partial charge in [-0.1, -0.05) is 41.0 Å². The van der Waals surface area contributed by atoms with E-state index in [1.165, 1.54) is 12.8 Å². The second kappa shape index (κ2) is 4.16. The standard InChI is InChI=1S/C12H22N2/c1-6-7-9(2)11-13-8-10(14-11)12(3,4)5/h8-9H,6-7H2,1-5H3,(H,13,14). The van der Waals surface area contributed by atoms with E-state index in [0.717, 1.165) is 11.5 Å².